The van der Waals surface area contributed by atoms with Crippen molar-refractivity contribution in [3.8, 4) is 0 Å². The fourth-order valence-corrected chi connectivity index (χ4v) is 4.07. The van der Waals surface area contributed by atoms with Gasteiger partial charge in [-0.2, -0.15) is 26.3 Å². The molecule has 0 amide bonds. The standard InChI is InChI=1S/C22H26F6N4/c1-4-6-15(7-5-2)31-19-16-10-11-32(20(16)30-13(3)29-19)18-9-8-14(21(23,24)25)12-17(18)22(26,27)28/h8-9,12,15H,4-7,10-11H2,1-3H3,(H,29,30,31). The van der Waals surface area contributed by atoms with Crippen LogP contribution in [0, 0.1) is 6.92 Å². The van der Waals surface area contributed by atoms with Crippen LogP contribution in [-0.2, 0) is 18.8 Å². The van der Waals surface area contributed by atoms with Gasteiger partial charge in [-0.3, -0.25) is 0 Å². The van der Waals surface area contributed by atoms with E-state index in [1.807, 2.05) is 0 Å². The quantitative estimate of drug-likeness (QED) is 0.457. The van der Waals surface area contributed by atoms with Gasteiger partial charge in [0.05, 0.1) is 16.8 Å². The molecule has 4 nitrogen and oxygen atoms in total. The van der Waals surface area contributed by atoms with Gasteiger partial charge in [0.15, 0.2) is 0 Å². The Morgan fingerprint density at radius 3 is 2.22 bits per heavy atom. The second kappa shape index (κ2) is 9.15. The zero-order valence-electron chi connectivity index (χ0n) is 18.2. The van der Waals surface area contributed by atoms with Gasteiger partial charge in [0.1, 0.15) is 17.5 Å². The van der Waals surface area contributed by atoms with Gasteiger partial charge in [0.25, 0.3) is 0 Å². The minimum absolute atomic E-state index is 0.166. The molecule has 0 unspecified atom stereocenters. The van der Waals surface area contributed by atoms with Crippen molar-refractivity contribution in [3.05, 3.63) is 40.7 Å². The van der Waals surface area contributed by atoms with E-state index in [4.69, 9.17) is 0 Å². The first kappa shape index (κ1) is 24.1. The molecule has 0 spiro atoms. The summed E-state index contributed by atoms with van der Waals surface area (Å²) in [7, 11) is 0. The Balaban J connectivity index is 2.05. The van der Waals surface area contributed by atoms with Crippen molar-refractivity contribution in [1.29, 1.82) is 0 Å². The van der Waals surface area contributed by atoms with E-state index in [1.54, 1.807) is 6.92 Å². The number of rotatable bonds is 7. The highest BCUT2D eigenvalue weighted by Crippen LogP contribution is 2.45. The Morgan fingerprint density at radius 2 is 1.66 bits per heavy atom. The molecule has 0 aliphatic carbocycles. The molecule has 1 aliphatic rings. The molecule has 1 aromatic carbocycles. The molecule has 1 aromatic heterocycles. The maximum atomic E-state index is 13.7. The van der Waals surface area contributed by atoms with Crippen LogP contribution in [0.25, 0.3) is 0 Å². The zero-order valence-corrected chi connectivity index (χ0v) is 18.2. The predicted molar refractivity (Wildman–Crippen MR) is 111 cm³/mol. The maximum Gasteiger partial charge on any atom is 0.418 e. The van der Waals surface area contributed by atoms with Crippen LogP contribution >= 0.6 is 0 Å². The summed E-state index contributed by atoms with van der Waals surface area (Å²) in [5.74, 6) is 1.27. The lowest BCUT2D eigenvalue weighted by atomic mass is 10.1. The van der Waals surface area contributed by atoms with Crippen LogP contribution in [0.15, 0.2) is 18.2 Å². The minimum Gasteiger partial charge on any atom is -0.367 e. The summed E-state index contributed by atoms with van der Waals surface area (Å²) in [6.45, 7) is 5.97. The molecule has 0 saturated carbocycles. The first-order chi connectivity index (χ1) is 15.0. The van der Waals surface area contributed by atoms with Gasteiger partial charge in [-0.15, -0.1) is 0 Å². The summed E-state index contributed by atoms with van der Waals surface area (Å²) in [4.78, 5) is 10.2. The molecule has 0 fully saturated rings. The lowest BCUT2D eigenvalue weighted by molar-refractivity contribution is -0.142. The number of aromatic nitrogens is 2. The highest BCUT2D eigenvalue weighted by atomic mass is 19.4. The fourth-order valence-electron chi connectivity index (χ4n) is 4.07. The highest BCUT2D eigenvalue weighted by Gasteiger charge is 2.41. The van der Waals surface area contributed by atoms with Gasteiger partial charge in [0, 0.05) is 18.2 Å². The van der Waals surface area contributed by atoms with E-state index < -0.39 is 23.5 Å². The monoisotopic (exact) mass is 460 g/mol. The minimum atomic E-state index is -4.95. The first-order valence-electron chi connectivity index (χ1n) is 10.7. The van der Waals surface area contributed by atoms with E-state index in [0.717, 1.165) is 31.7 Å². The van der Waals surface area contributed by atoms with Crippen LogP contribution in [0.1, 0.15) is 62.0 Å². The summed E-state index contributed by atoms with van der Waals surface area (Å²) >= 11 is 0. The number of nitrogens with one attached hydrogen (secondary N) is 1. The summed E-state index contributed by atoms with van der Waals surface area (Å²) in [5, 5.41) is 3.42. The summed E-state index contributed by atoms with van der Waals surface area (Å²) in [6, 6.07) is 1.89. The normalized spacial score (nSPS) is 14.2. The van der Waals surface area contributed by atoms with Gasteiger partial charge in [0.2, 0.25) is 0 Å². The Morgan fingerprint density at radius 1 is 1.00 bits per heavy atom. The molecule has 10 heteroatoms. The van der Waals surface area contributed by atoms with Gasteiger partial charge in [-0.25, -0.2) is 9.97 Å². The summed E-state index contributed by atoms with van der Waals surface area (Å²) in [6.07, 6.45) is -5.64. The number of benzene rings is 1. The molecule has 3 rings (SSSR count). The Labute approximate surface area is 183 Å². The predicted octanol–water partition coefficient (Wildman–Crippen LogP) is 6.90. The van der Waals surface area contributed by atoms with Gasteiger partial charge < -0.3 is 10.2 Å². The molecule has 0 atom stereocenters. The van der Waals surface area contributed by atoms with Crippen LogP contribution in [0.3, 0.4) is 0 Å². The SMILES string of the molecule is CCCC(CCC)Nc1nc(C)nc2c1CCN2c1ccc(C(F)(F)F)cc1C(F)(F)F. The van der Waals surface area contributed by atoms with Crippen LogP contribution in [-0.4, -0.2) is 22.6 Å². The average Bonchev–Trinajstić information content (AvgIpc) is 3.10. The van der Waals surface area contributed by atoms with Gasteiger partial charge in [-0.05, 0) is 44.4 Å². The topological polar surface area (TPSA) is 41.1 Å². The zero-order chi connectivity index (χ0) is 23.7. The summed E-state index contributed by atoms with van der Waals surface area (Å²) in [5.41, 5.74) is -2.33. The highest BCUT2D eigenvalue weighted by molar-refractivity contribution is 5.74. The van der Waals surface area contributed by atoms with Crippen molar-refractivity contribution in [3.63, 3.8) is 0 Å². The van der Waals surface area contributed by atoms with Crippen molar-refractivity contribution in [1.82, 2.24) is 9.97 Å². The van der Waals surface area contributed by atoms with Crippen molar-refractivity contribution in [2.75, 3.05) is 16.8 Å². The number of aryl methyl sites for hydroxylation is 1. The second-order valence-electron chi connectivity index (χ2n) is 7.97. The van der Waals surface area contributed by atoms with Gasteiger partial charge in [-0.1, -0.05) is 26.7 Å². The molecule has 32 heavy (non-hydrogen) atoms. The van der Waals surface area contributed by atoms with E-state index in [0.29, 0.717) is 35.5 Å². The Kier molecular flexibility index (Phi) is 6.90. The molecule has 0 radical (unpaired) electrons. The van der Waals surface area contributed by atoms with Gasteiger partial charge >= 0.3 is 12.4 Å². The van der Waals surface area contributed by atoms with Crippen molar-refractivity contribution < 1.29 is 26.3 Å². The Bertz CT molecular complexity index is 949. The number of alkyl halides is 6. The van der Waals surface area contributed by atoms with Crippen LogP contribution < -0.4 is 10.2 Å². The smallest absolute Gasteiger partial charge is 0.367 e. The fraction of sp³-hybridized carbons (Fsp3) is 0.545. The largest absolute Gasteiger partial charge is 0.418 e. The first-order valence-corrected chi connectivity index (χ1v) is 10.7. The number of fused-ring (bicyclic) bond motifs is 1. The molecule has 0 saturated heterocycles. The van der Waals surface area contributed by atoms with E-state index in [1.165, 1.54) is 4.90 Å². The lowest BCUT2D eigenvalue weighted by Gasteiger charge is -2.25. The lowest BCUT2D eigenvalue weighted by Crippen LogP contribution is -2.22. The number of hydrogen-bond acceptors (Lipinski definition) is 4. The van der Waals surface area contributed by atoms with Crippen LogP contribution in [0.2, 0.25) is 0 Å². The maximum absolute atomic E-state index is 13.7. The molecule has 0 bridgehead atoms. The second-order valence-corrected chi connectivity index (χ2v) is 7.97. The van der Waals surface area contributed by atoms with Crippen molar-refractivity contribution >= 4 is 17.3 Å². The van der Waals surface area contributed by atoms with E-state index in [9.17, 15) is 26.3 Å². The van der Waals surface area contributed by atoms with E-state index in [2.05, 4.69) is 29.1 Å². The molecular formula is C22H26F6N4. The number of anilines is 3. The molecule has 1 N–H and O–H groups in total. The molecule has 176 valence electrons. The van der Waals surface area contributed by atoms with Crippen LogP contribution in [0.5, 0.6) is 0 Å². The summed E-state index contributed by atoms with van der Waals surface area (Å²) < 4.78 is 80.3. The third-order valence-corrected chi connectivity index (χ3v) is 5.47. The Hall–Kier alpha value is -2.52. The average molecular weight is 460 g/mol. The molecular weight excluding hydrogens is 434 g/mol. The van der Waals surface area contributed by atoms with Crippen molar-refractivity contribution in [2.45, 2.75) is 71.3 Å². The number of halogens is 6. The molecule has 1 aliphatic heterocycles. The third kappa shape index (κ3) is 5.10. The number of hydrogen-bond donors (Lipinski definition) is 1. The van der Waals surface area contributed by atoms with Crippen molar-refractivity contribution in [2.24, 2.45) is 0 Å². The van der Waals surface area contributed by atoms with E-state index in [-0.39, 0.29) is 24.3 Å². The van der Waals surface area contributed by atoms with E-state index >= 15 is 0 Å². The third-order valence-electron chi connectivity index (χ3n) is 5.47. The number of nitrogens with zero attached hydrogens (tertiary/aromatic N) is 3. The molecule has 2 aromatic rings. The molecule has 2 heterocycles. The van der Waals surface area contributed by atoms with Crippen LogP contribution in [0.4, 0.5) is 43.7 Å².